The molecule has 0 aromatic heterocycles. The van der Waals surface area contributed by atoms with Crippen LogP contribution in [-0.2, 0) is 24.7 Å². The van der Waals surface area contributed by atoms with Crippen molar-refractivity contribution >= 4 is 23.7 Å². The van der Waals surface area contributed by atoms with Crippen molar-refractivity contribution in [1.82, 2.24) is 16.0 Å². The largest absolute Gasteiger partial charge is 0.480 e. The topological polar surface area (TPSA) is 125 Å². The third kappa shape index (κ3) is 6.15. The van der Waals surface area contributed by atoms with E-state index in [0.717, 1.165) is 16.7 Å². The summed E-state index contributed by atoms with van der Waals surface area (Å²) in [5.74, 6) is -3.03. The molecular weight excluding hydrogens is 458 g/mol. The van der Waals surface area contributed by atoms with Gasteiger partial charge in [-0.3, -0.25) is 19.2 Å². The van der Waals surface area contributed by atoms with Gasteiger partial charge in [-0.15, -0.1) is 0 Å². The molecule has 3 aromatic rings. The van der Waals surface area contributed by atoms with Gasteiger partial charge < -0.3 is 21.1 Å². The van der Waals surface area contributed by atoms with Gasteiger partial charge in [0.1, 0.15) is 17.6 Å². The zero-order valence-electron chi connectivity index (χ0n) is 20.1. The van der Waals surface area contributed by atoms with Crippen molar-refractivity contribution in [2.45, 2.75) is 37.9 Å². The minimum Gasteiger partial charge on any atom is -0.480 e. The summed E-state index contributed by atoms with van der Waals surface area (Å²) in [6, 6.07) is 25.9. The Labute approximate surface area is 209 Å². The normalized spacial score (nSPS) is 12.6. The summed E-state index contributed by atoms with van der Waals surface area (Å²) in [5.41, 5.74) is 1.31. The second kappa shape index (κ2) is 11.8. The van der Waals surface area contributed by atoms with E-state index in [-0.39, 0.29) is 0 Å². The Morgan fingerprint density at radius 3 is 1.53 bits per heavy atom. The van der Waals surface area contributed by atoms with Crippen LogP contribution in [0.15, 0.2) is 91.0 Å². The molecule has 0 aliphatic heterocycles. The predicted octanol–water partition coefficient (Wildman–Crippen LogP) is 2.58. The van der Waals surface area contributed by atoms with Crippen molar-refractivity contribution in [3.63, 3.8) is 0 Å². The predicted molar refractivity (Wildman–Crippen MR) is 135 cm³/mol. The monoisotopic (exact) mass is 487 g/mol. The molecule has 0 unspecified atom stereocenters. The summed E-state index contributed by atoms with van der Waals surface area (Å²) in [7, 11) is 0. The molecule has 4 N–H and O–H groups in total. The molecule has 0 radical (unpaired) electrons. The van der Waals surface area contributed by atoms with Crippen molar-refractivity contribution in [2.75, 3.05) is 0 Å². The third-order valence-corrected chi connectivity index (χ3v) is 5.76. The van der Waals surface area contributed by atoms with Gasteiger partial charge in [0.05, 0.1) is 6.42 Å². The lowest BCUT2D eigenvalue weighted by molar-refractivity contribution is -0.141. The molecule has 3 amide bonds. The molecule has 0 heterocycles. The number of carboxylic acid groups (broad SMARTS) is 1. The van der Waals surface area contributed by atoms with Gasteiger partial charge in [0.25, 0.3) is 0 Å². The Morgan fingerprint density at radius 1 is 0.750 bits per heavy atom. The zero-order valence-corrected chi connectivity index (χ0v) is 20.1. The van der Waals surface area contributed by atoms with Crippen LogP contribution in [0.5, 0.6) is 0 Å². The number of carbonyl (C=O) groups is 4. The lowest BCUT2D eigenvalue weighted by atomic mass is 9.77. The first-order chi connectivity index (χ1) is 17.2. The van der Waals surface area contributed by atoms with E-state index in [1.54, 1.807) is 0 Å². The van der Waals surface area contributed by atoms with Crippen molar-refractivity contribution < 1.29 is 24.3 Å². The molecule has 0 spiro atoms. The van der Waals surface area contributed by atoms with Crippen LogP contribution in [-0.4, -0.2) is 40.9 Å². The minimum absolute atomic E-state index is 0.397. The Balaban J connectivity index is 2.03. The summed E-state index contributed by atoms with van der Waals surface area (Å²) in [6.07, 6.45) is -0.397. The molecule has 0 fully saturated rings. The zero-order chi connectivity index (χ0) is 26.1. The van der Waals surface area contributed by atoms with Crippen LogP contribution in [0.4, 0.5) is 0 Å². The van der Waals surface area contributed by atoms with Crippen LogP contribution in [0.1, 0.15) is 37.0 Å². The first-order valence-electron chi connectivity index (χ1n) is 11.5. The number of hydrogen-bond acceptors (Lipinski definition) is 4. The lowest BCUT2D eigenvalue weighted by Gasteiger charge is -2.37. The van der Waals surface area contributed by atoms with E-state index in [2.05, 4.69) is 16.0 Å². The first-order valence-corrected chi connectivity index (χ1v) is 11.5. The van der Waals surface area contributed by atoms with E-state index >= 15 is 0 Å². The van der Waals surface area contributed by atoms with Crippen molar-refractivity contribution in [2.24, 2.45) is 0 Å². The first kappa shape index (κ1) is 26.2. The van der Waals surface area contributed by atoms with E-state index in [1.165, 1.54) is 13.8 Å². The smallest absolute Gasteiger partial charge is 0.325 e. The SMILES string of the molecule is CC(=O)N[C@@H](CC(=O)NC(c1ccccc1)(c1ccccc1)c1ccccc1)C(=O)N[C@@H](C)C(=O)O. The number of aliphatic carboxylic acids is 1. The van der Waals surface area contributed by atoms with Gasteiger partial charge in [0, 0.05) is 6.92 Å². The molecule has 8 heteroatoms. The summed E-state index contributed by atoms with van der Waals surface area (Å²) in [4.78, 5) is 49.2. The van der Waals surface area contributed by atoms with Crippen LogP contribution in [0.25, 0.3) is 0 Å². The Bertz CT molecular complexity index is 1100. The molecule has 0 saturated heterocycles. The quantitative estimate of drug-likeness (QED) is 0.327. The summed E-state index contributed by atoms with van der Waals surface area (Å²) in [6.45, 7) is 2.53. The maximum atomic E-state index is 13.5. The molecule has 0 saturated carbocycles. The number of benzene rings is 3. The molecule has 2 atom stereocenters. The Hall–Kier alpha value is -4.46. The number of nitrogens with one attached hydrogen (secondary N) is 3. The highest BCUT2D eigenvalue weighted by Gasteiger charge is 2.38. The highest BCUT2D eigenvalue weighted by molar-refractivity contribution is 5.93. The summed E-state index contributed by atoms with van der Waals surface area (Å²) < 4.78 is 0. The highest BCUT2D eigenvalue weighted by Crippen LogP contribution is 2.36. The fourth-order valence-electron chi connectivity index (χ4n) is 4.06. The second-order valence-electron chi connectivity index (χ2n) is 8.42. The van der Waals surface area contributed by atoms with Gasteiger partial charge in [-0.2, -0.15) is 0 Å². The molecule has 0 aliphatic rings. The van der Waals surface area contributed by atoms with E-state index < -0.39 is 47.7 Å². The van der Waals surface area contributed by atoms with Gasteiger partial charge >= 0.3 is 5.97 Å². The summed E-state index contributed by atoms with van der Waals surface area (Å²) >= 11 is 0. The molecule has 186 valence electrons. The molecule has 0 bridgehead atoms. The number of carbonyl (C=O) groups excluding carboxylic acids is 3. The number of amides is 3. The van der Waals surface area contributed by atoms with Crippen molar-refractivity contribution in [3.8, 4) is 0 Å². The summed E-state index contributed by atoms with van der Waals surface area (Å²) in [5, 5.41) is 17.0. The molecule has 3 aromatic carbocycles. The minimum atomic E-state index is -1.26. The van der Waals surface area contributed by atoms with Gasteiger partial charge in [0.2, 0.25) is 17.7 Å². The van der Waals surface area contributed by atoms with Gasteiger partial charge in [-0.1, -0.05) is 91.0 Å². The Morgan fingerprint density at radius 2 is 1.17 bits per heavy atom. The number of rotatable bonds is 10. The van der Waals surface area contributed by atoms with Crippen LogP contribution in [0.3, 0.4) is 0 Å². The molecule has 3 rings (SSSR count). The van der Waals surface area contributed by atoms with Crippen molar-refractivity contribution in [1.29, 1.82) is 0 Å². The standard InChI is InChI=1S/C28H29N3O5/c1-19(27(35)36)29-26(34)24(30-20(2)32)18-25(33)31-28(21-12-6-3-7-13-21,22-14-8-4-9-15-22)23-16-10-5-11-17-23/h3-17,19,24H,18H2,1-2H3,(H,29,34)(H,30,32)(H,31,33)(H,35,36)/t19-,24-/m0/s1. The fraction of sp³-hybridized carbons (Fsp3) is 0.214. The molecule has 0 aliphatic carbocycles. The van der Waals surface area contributed by atoms with Crippen LogP contribution >= 0.6 is 0 Å². The van der Waals surface area contributed by atoms with Crippen LogP contribution in [0.2, 0.25) is 0 Å². The van der Waals surface area contributed by atoms with Crippen LogP contribution < -0.4 is 16.0 Å². The van der Waals surface area contributed by atoms with Crippen molar-refractivity contribution in [3.05, 3.63) is 108 Å². The third-order valence-electron chi connectivity index (χ3n) is 5.76. The average molecular weight is 488 g/mol. The van der Waals surface area contributed by atoms with E-state index in [1.807, 2.05) is 91.0 Å². The van der Waals surface area contributed by atoms with Crippen LogP contribution in [0, 0.1) is 0 Å². The van der Waals surface area contributed by atoms with E-state index in [0.29, 0.717) is 0 Å². The number of carboxylic acids is 1. The van der Waals surface area contributed by atoms with E-state index in [9.17, 15) is 19.2 Å². The lowest BCUT2D eigenvalue weighted by Crippen LogP contribution is -2.54. The number of hydrogen-bond donors (Lipinski definition) is 4. The average Bonchev–Trinajstić information content (AvgIpc) is 2.88. The van der Waals surface area contributed by atoms with Gasteiger partial charge in [-0.05, 0) is 23.6 Å². The van der Waals surface area contributed by atoms with E-state index in [4.69, 9.17) is 5.11 Å². The Kier molecular flexibility index (Phi) is 8.57. The van der Waals surface area contributed by atoms with Gasteiger partial charge in [-0.25, -0.2) is 0 Å². The molecular formula is C28H29N3O5. The second-order valence-corrected chi connectivity index (χ2v) is 8.42. The highest BCUT2D eigenvalue weighted by atomic mass is 16.4. The molecule has 8 nitrogen and oxygen atoms in total. The van der Waals surface area contributed by atoms with Gasteiger partial charge in [0.15, 0.2) is 0 Å². The fourth-order valence-corrected chi connectivity index (χ4v) is 4.06. The maximum absolute atomic E-state index is 13.5. The molecule has 36 heavy (non-hydrogen) atoms. The maximum Gasteiger partial charge on any atom is 0.325 e.